The summed E-state index contributed by atoms with van der Waals surface area (Å²) in [6, 6.07) is 3.48. The Balaban J connectivity index is 1.49. The molecule has 2 aromatic rings. The second-order valence-electron chi connectivity index (χ2n) is 12.0. The number of ketones is 2. The first-order chi connectivity index (χ1) is 17.2. The summed E-state index contributed by atoms with van der Waals surface area (Å²) in [5.41, 5.74) is 2.99. The van der Waals surface area contributed by atoms with Crippen LogP contribution in [0, 0.1) is 24.7 Å². The number of carboxylic acid groups (broad SMARTS) is 1. The molecule has 0 radical (unpaired) electrons. The molecule has 1 N–H and O–H groups in total. The van der Waals surface area contributed by atoms with Gasteiger partial charge in [0.2, 0.25) is 0 Å². The Morgan fingerprint density at radius 3 is 1.92 bits per heavy atom. The van der Waals surface area contributed by atoms with E-state index in [1.807, 2.05) is 13.0 Å². The van der Waals surface area contributed by atoms with Crippen molar-refractivity contribution >= 4 is 28.5 Å². The molecule has 2 fully saturated rings. The Kier molecular flexibility index (Phi) is 4.42. The van der Waals surface area contributed by atoms with Crippen molar-refractivity contribution in [3.8, 4) is 0 Å². The molecule has 2 saturated carbocycles. The molecule has 186 valence electrons. The van der Waals surface area contributed by atoms with Crippen LogP contribution in [-0.2, 0) is 14.3 Å². The van der Waals surface area contributed by atoms with Gasteiger partial charge in [0.05, 0.1) is 11.5 Å². The van der Waals surface area contributed by atoms with Crippen molar-refractivity contribution in [3.63, 3.8) is 0 Å². The van der Waals surface area contributed by atoms with Crippen molar-refractivity contribution in [1.82, 2.24) is 0 Å². The summed E-state index contributed by atoms with van der Waals surface area (Å²) in [5.74, 6) is 0.443. The van der Waals surface area contributed by atoms with Gasteiger partial charge in [-0.2, -0.15) is 0 Å². The van der Waals surface area contributed by atoms with E-state index in [9.17, 15) is 19.5 Å². The first-order valence-corrected chi connectivity index (χ1v) is 13.2. The number of ether oxygens (including phenoxy) is 1. The zero-order chi connectivity index (χ0) is 25.0. The number of carboxylic acids is 1. The summed E-state index contributed by atoms with van der Waals surface area (Å²) in [7, 11) is 0. The van der Waals surface area contributed by atoms with Crippen LogP contribution in [0.4, 0.5) is 0 Å². The monoisotopic (exact) mass is 486 g/mol. The van der Waals surface area contributed by atoms with Crippen LogP contribution in [0.1, 0.15) is 97.4 Å². The highest BCUT2D eigenvalue weighted by Crippen LogP contribution is 2.61. The Labute approximate surface area is 209 Å². The fourth-order valence-electron chi connectivity index (χ4n) is 7.59. The molecule has 1 aliphatic heterocycles. The Morgan fingerprint density at radius 1 is 0.889 bits per heavy atom. The fraction of sp³-hybridized carbons (Fsp3) is 0.500. The number of aromatic carboxylic acids is 1. The highest BCUT2D eigenvalue weighted by molar-refractivity contribution is 6.08. The summed E-state index contributed by atoms with van der Waals surface area (Å²) in [4.78, 5) is 39.9. The zero-order valence-corrected chi connectivity index (χ0v) is 20.8. The minimum atomic E-state index is -1.03. The molecule has 0 atom stereocenters. The number of hydrogen-bond donors (Lipinski definition) is 1. The standard InChI is InChI=1S/C30H30O6/c1-15-9-17-16(2)18(28(33)34)10-19(27(17)35-15)24-25-20(31)11-29(5-3-6-29)13-22(25)36-23-14-30(7-4-8-30)12-21(32)26(23)24/h9-10,24H,3-8,11-14H2,1-2H3,(H,33,34). The number of benzene rings is 1. The lowest BCUT2D eigenvalue weighted by Crippen LogP contribution is -2.43. The lowest BCUT2D eigenvalue weighted by molar-refractivity contribution is -0.123. The third-order valence-corrected chi connectivity index (χ3v) is 9.76. The number of allylic oxidation sites excluding steroid dienone is 4. The molecule has 6 heteroatoms. The van der Waals surface area contributed by atoms with Crippen LogP contribution in [0.15, 0.2) is 39.2 Å². The molecule has 2 spiro atoms. The van der Waals surface area contributed by atoms with E-state index in [-0.39, 0.29) is 28.0 Å². The highest BCUT2D eigenvalue weighted by atomic mass is 16.5. The van der Waals surface area contributed by atoms with E-state index < -0.39 is 11.9 Å². The van der Waals surface area contributed by atoms with E-state index in [4.69, 9.17) is 9.15 Å². The minimum Gasteiger partial charge on any atom is -0.478 e. The molecule has 4 aliphatic carbocycles. The van der Waals surface area contributed by atoms with Gasteiger partial charge in [-0.05, 0) is 68.1 Å². The Hall–Kier alpha value is -3.15. The molecule has 0 amide bonds. The van der Waals surface area contributed by atoms with Crippen molar-refractivity contribution in [1.29, 1.82) is 0 Å². The summed E-state index contributed by atoms with van der Waals surface area (Å²) in [5, 5.41) is 10.7. The summed E-state index contributed by atoms with van der Waals surface area (Å²) in [6.07, 6.45) is 8.68. The van der Waals surface area contributed by atoms with Gasteiger partial charge in [0, 0.05) is 47.8 Å². The van der Waals surface area contributed by atoms with Crippen LogP contribution in [0.25, 0.3) is 11.0 Å². The van der Waals surface area contributed by atoms with Gasteiger partial charge in [0.25, 0.3) is 0 Å². The molecular weight excluding hydrogens is 456 g/mol. The van der Waals surface area contributed by atoms with Gasteiger partial charge in [0.1, 0.15) is 22.9 Å². The van der Waals surface area contributed by atoms with Crippen LogP contribution in [0.3, 0.4) is 0 Å². The minimum absolute atomic E-state index is 0.0260. The second-order valence-corrected chi connectivity index (χ2v) is 12.0. The van der Waals surface area contributed by atoms with Crippen molar-refractivity contribution < 1.29 is 28.6 Å². The summed E-state index contributed by atoms with van der Waals surface area (Å²) < 4.78 is 12.7. The Bertz CT molecular complexity index is 1400. The molecule has 1 aromatic heterocycles. The molecule has 1 aromatic carbocycles. The average Bonchev–Trinajstić information content (AvgIpc) is 3.17. The first-order valence-electron chi connectivity index (χ1n) is 13.2. The highest BCUT2D eigenvalue weighted by Gasteiger charge is 2.54. The predicted octanol–water partition coefficient (Wildman–Crippen LogP) is 6.44. The van der Waals surface area contributed by atoms with Gasteiger partial charge in [-0.1, -0.05) is 12.8 Å². The third-order valence-electron chi connectivity index (χ3n) is 9.76. The van der Waals surface area contributed by atoms with E-state index in [1.54, 1.807) is 13.0 Å². The quantitative estimate of drug-likeness (QED) is 0.525. The molecule has 36 heavy (non-hydrogen) atoms. The van der Waals surface area contributed by atoms with Gasteiger partial charge in [-0.3, -0.25) is 9.59 Å². The van der Waals surface area contributed by atoms with Crippen LogP contribution in [-0.4, -0.2) is 22.6 Å². The van der Waals surface area contributed by atoms with E-state index in [2.05, 4.69) is 0 Å². The number of carbonyl (C=O) groups is 3. The van der Waals surface area contributed by atoms with Crippen LogP contribution in [0.5, 0.6) is 0 Å². The van der Waals surface area contributed by atoms with Crippen molar-refractivity contribution in [2.75, 3.05) is 0 Å². The maximum atomic E-state index is 13.8. The zero-order valence-electron chi connectivity index (χ0n) is 20.8. The van der Waals surface area contributed by atoms with E-state index in [0.29, 0.717) is 70.8 Å². The van der Waals surface area contributed by atoms with Gasteiger partial charge in [-0.25, -0.2) is 4.79 Å². The molecule has 6 nitrogen and oxygen atoms in total. The number of aryl methyl sites for hydroxylation is 2. The lowest BCUT2D eigenvalue weighted by Gasteiger charge is -2.50. The number of furan rings is 1. The van der Waals surface area contributed by atoms with Gasteiger partial charge < -0.3 is 14.3 Å². The van der Waals surface area contributed by atoms with E-state index in [0.717, 1.165) is 43.9 Å². The predicted molar refractivity (Wildman–Crippen MR) is 132 cm³/mol. The molecular formula is C30H30O6. The normalized spacial score (nSPS) is 24.5. The van der Waals surface area contributed by atoms with Crippen molar-refractivity contribution in [3.05, 3.63) is 57.2 Å². The maximum Gasteiger partial charge on any atom is 0.335 e. The molecule has 5 aliphatic rings. The molecule has 7 rings (SSSR count). The van der Waals surface area contributed by atoms with E-state index >= 15 is 0 Å². The van der Waals surface area contributed by atoms with Crippen molar-refractivity contribution in [2.45, 2.75) is 84.0 Å². The number of carbonyl (C=O) groups excluding carboxylic acids is 2. The topological polar surface area (TPSA) is 93.8 Å². The summed E-state index contributed by atoms with van der Waals surface area (Å²) >= 11 is 0. The van der Waals surface area contributed by atoms with Gasteiger partial charge in [-0.15, -0.1) is 0 Å². The number of rotatable bonds is 2. The Morgan fingerprint density at radius 2 is 1.44 bits per heavy atom. The molecule has 0 unspecified atom stereocenters. The largest absolute Gasteiger partial charge is 0.478 e. The SMILES string of the molecule is Cc1cc2c(C)c(C(=O)O)cc(C3C4=C(CC5(CCC5)CC4=O)OC4=C3C(=O)CC3(CCC3)C4)c2o1. The maximum absolute atomic E-state index is 13.8. The second kappa shape index (κ2) is 7.21. The number of Topliss-reactive ketones (excluding diaryl/α,β-unsaturated/α-hetero) is 2. The smallest absolute Gasteiger partial charge is 0.335 e. The summed E-state index contributed by atoms with van der Waals surface area (Å²) in [6.45, 7) is 3.61. The molecule has 0 bridgehead atoms. The number of hydrogen-bond acceptors (Lipinski definition) is 5. The fourth-order valence-corrected chi connectivity index (χ4v) is 7.59. The first kappa shape index (κ1) is 22.1. The van der Waals surface area contributed by atoms with E-state index in [1.165, 1.54) is 0 Å². The molecule has 2 heterocycles. The van der Waals surface area contributed by atoms with Crippen molar-refractivity contribution in [2.24, 2.45) is 10.8 Å². The van der Waals surface area contributed by atoms with Crippen LogP contribution in [0.2, 0.25) is 0 Å². The number of fused-ring (bicyclic) bond motifs is 1. The van der Waals surface area contributed by atoms with Crippen LogP contribution >= 0.6 is 0 Å². The lowest BCUT2D eigenvalue weighted by atomic mass is 9.56. The third kappa shape index (κ3) is 2.93. The van der Waals surface area contributed by atoms with Gasteiger partial charge >= 0.3 is 5.97 Å². The van der Waals surface area contributed by atoms with Crippen LogP contribution < -0.4 is 0 Å². The molecule has 0 saturated heterocycles. The average molecular weight is 487 g/mol. The van der Waals surface area contributed by atoms with Gasteiger partial charge in [0.15, 0.2) is 11.6 Å².